The average molecular weight is 189 g/mol. The number of carbonyl (C=O) groups excluding carboxylic acids is 1. The molecule has 0 aliphatic carbocycles. The van der Waals surface area contributed by atoms with E-state index in [-0.39, 0.29) is 12.1 Å². The first-order valence-electron chi connectivity index (χ1n) is 3.67. The van der Waals surface area contributed by atoms with E-state index in [1.54, 1.807) is 6.92 Å². The van der Waals surface area contributed by atoms with Crippen molar-refractivity contribution in [2.24, 2.45) is 0 Å². The second-order valence-electron chi connectivity index (χ2n) is 2.68. The third-order valence-electron chi connectivity index (χ3n) is 2.03. The van der Waals surface area contributed by atoms with Crippen LogP contribution in [0.5, 0.6) is 0 Å². The van der Waals surface area contributed by atoms with Crippen molar-refractivity contribution >= 4 is 15.9 Å². The monoisotopic (exact) mass is 189 g/mol. The minimum Gasteiger partial charge on any atom is -0.268 e. The lowest BCUT2D eigenvalue weighted by atomic mass is 10.2. The standard InChI is InChI=1S/C7H11NO3S/c1-4-8-7(9)5(2)6(3)12(8,10)11/h6H,2,4H2,1,3H3. The minimum atomic E-state index is -3.43. The zero-order valence-electron chi connectivity index (χ0n) is 7.07. The fraction of sp³-hybridized carbons (Fsp3) is 0.571. The Hall–Kier alpha value is -0.840. The molecule has 0 aromatic heterocycles. The van der Waals surface area contributed by atoms with Crippen LogP contribution < -0.4 is 0 Å². The average Bonchev–Trinajstić information content (AvgIpc) is 2.13. The first-order chi connectivity index (χ1) is 5.42. The Labute approximate surface area is 71.9 Å². The number of rotatable bonds is 1. The number of hydrogen-bond donors (Lipinski definition) is 0. The highest BCUT2D eigenvalue weighted by Gasteiger charge is 2.43. The van der Waals surface area contributed by atoms with Gasteiger partial charge in [-0.15, -0.1) is 0 Å². The number of nitrogens with zero attached hydrogens (tertiary/aromatic N) is 1. The summed E-state index contributed by atoms with van der Waals surface area (Å²) in [5.74, 6) is -0.468. The summed E-state index contributed by atoms with van der Waals surface area (Å²) in [4.78, 5) is 11.2. The van der Waals surface area contributed by atoms with Gasteiger partial charge in [0, 0.05) is 12.1 Å². The van der Waals surface area contributed by atoms with Gasteiger partial charge in [0.05, 0.1) is 0 Å². The highest BCUT2D eigenvalue weighted by atomic mass is 32.2. The van der Waals surface area contributed by atoms with Gasteiger partial charge in [-0.1, -0.05) is 6.58 Å². The fourth-order valence-corrected chi connectivity index (χ4v) is 2.69. The van der Waals surface area contributed by atoms with Gasteiger partial charge in [0.1, 0.15) is 5.25 Å². The number of amides is 1. The molecule has 1 saturated heterocycles. The Balaban J connectivity index is 3.23. The zero-order chi connectivity index (χ0) is 9.52. The molecule has 0 bridgehead atoms. The molecule has 1 fully saturated rings. The third-order valence-corrected chi connectivity index (χ3v) is 4.25. The summed E-state index contributed by atoms with van der Waals surface area (Å²) in [6.07, 6.45) is 0. The fourth-order valence-electron chi connectivity index (χ4n) is 1.14. The molecule has 0 aromatic carbocycles. The molecule has 12 heavy (non-hydrogen) atoms. The molecule has 0 spiro atoms. The molecule has 68 valence electrons. The first kappa shape index (κ1) is 9.25. The van der Waals surface area contributed by atoms with Gasteiger partial charge in [0.25, 0.3) is 5.91 Å². The minimum absolute atomic E-state index is 0.164. The second kappa shape index (κ2) is 2.58. The van der Waals surface area contributed by atoms with Crippen molar-refractivity contribution in [1.29, 1.82) is 0 Å². The van der Waals surface area contributed by atoms with Gasteiger partial charge in [-0.3, -0.25) is 4.79 Å². The molecule has 0 N–H and O–H groups in total. The van der Waals surface area contributed by atoms with Crippen molar-refractivity contribution in [3.05, 3.63) is 12.2 Å². The molecule has 0 saturated carbocycles. The summed E-state index contributed by atoms with van der Waals surface area (Å²) in [7, 11) is -3.43. The lowest BCUT2D eigenvalue weighted by Gasteiger charge is -2.11. The summed E-state index contributed by atoms with van der Waals surface area (Å²) in [6.45, 7) is 6.73. The van der Waals surface area contributed by atoms with Crippen molar-refractivity contribution < 1.29 is 13.2 Å². The van der Waals surface area contributed by atoms with Gasteiger partial charge in [0.2, 0.25) is 10.0 Å². The smallest absolute Gasteiger partial charge is 0.264 e. The molecular weight excluding hydrogens is 178 g/mol. The summed E-state index contributed by atoms with van der Waals surface area (Å²) in [6, 6.07) is 0. The van der Waals surface area contributed by atoms with E-state index in [4.69, 9.17) is 0 Å². The molecule has 1 aliphatic heterocycles. The van der Waals surface area contributed by atoms with Gasteiger partial charge in [-0.2, -0.15) is 0 Å². The van der Waals surface area contributed by atoms with E-state index in [9.17, 15) is 13.2 Å². The van der Waals surface area contributed by atoms with Crippen molar-refractivity contribution in [3.8, 4) is 0 Å². The highest BCUT2D eigenvalue weighted by Crippen LogP contribution is 2.25. The van der Waals surface area contributed by atoms with Gasteiger partial charge in [-0.05, 0) is 13.8 Å². The first-order valence-corrected chi connectivity index (χ1v) is 5.18. The topological polar surface area (TPSA) is 54.5 Å². The maximum Gasteiger partial charge on any atom is 0.264 e. The van der Waals surface area contributed by atoms with Crippen LogP contribution in [0.4, 0.5) is 0 Å². The van der Waals surface area contributed by atoms with Crippen LogP contribution in [0, 0.1) is 0 Å². The molecule has 4 nitrogen and oxygen atoms in total. The molecule has 5 heteroatoms. The summed E-state index contributed by atoms with van der Waals surface area (Å²) >= 11 is 0. The lowest BCUT2D eigenvalue weighted by molar-refractivity contribution is -0.121. The molecule has 1 unspecified atom stereocenters. The predicted octanol–water partition coefficient (Wildman–Crippen LogP) is 0.123. The van der Waals surface area contributed by atoms with E-state index >= 15 is 0 Å². The van der Waals surface area contributed by atoms with Crippen LogP contribution in [0.1, 0.15) is 13.8 Å². The zero-order valence-corrected chi connectivity index (χ0v) is 7.89. The number of likely N-dealkylation sites (N-methyl/N-ethyl adjacent to an activating group) is 1. The van der Waals surface area contributed by atoms with Crippen molar-refractivity contribution in [3.63, 3.8) is 0 Å². The lowest BCUT2D eigenvalue weighted by Crippen LogP contribution is -2.30. The van der Waals surface area contributed by atoms with Gasteiger partial charge < -0.3 is 0 Å². The predicted molar refractivity (Wildman–Crippen MR) is 44.9 cm³/mol. The highest BCUT2D eigenvalue weighted by molar-refractivity contribution is 7.91. The Morgan fingerprint density at radius 2 is 2.08 bits per heavy atom. The van der Waals surface area contributed by atoms with E-state index in [1.807, 2.05) is 0 Å². The van der Waals surface area contributed by atoms with E-state index in [0.717, 1.165) is 4.31 Å². The SMILES string of the molecule is C=C1C(=O)N(CC)S(=O)(=O)C1C. The molecule has 1 amide bonds. The third kappa shape index (κ3) is 0.964. The summed E-state index contributed by atoms with van der Waals surface area (Å²) < 4.78 is 23.6. The van der Waals surface area contributed by atoms with E-state index in [1.165, 1.54) is 6.92 Å². The Morgan fingerprint density at radius 1 is 1.58 bits per heavy atom. The number of carbonyl (C=O) groups is 1. The van der Waals surface area contributed by atoms with E-state index in [0.29, 0.717) is 0 Å². The maximum absolute atomic E-state index is 11.4. The van der Waals surface area contributed by atoms with Crippen LogP contribution in [-0.2, 0) is 14.8 Å². The largest absolute Gasteiger partial charge is 0.268 e. The van der Waals surface area contributed by atoms with Crippen LogP contribution in [-0.4, -0.2) is 30.4 Å². The molecule has 0 aromatic rings. The van der Waals surface area contributed by atoms with Crippen molar-refractivity contribution in [2.75, 3.05) is 6.54 Å². The maximum atomic E-state index is 11.4. The normalized spacial score (nSPS) is 28.2. The van der Waals surface area contributed by atoms with Gasteiger partial charge in [-0.25, -0.2) is 12.7 Å². The summed E-state index contributed by atoms with van der Waals surface area (Å²) in [5.41, 5.74) is 0.164. The second-order valence-corrected chi connectivity index (χ2v) is 4.86. The molecular formula is C7H11NO3S. The summed E-state index contributed by atoms with van der Waals surface area (Å²) in [5, 5.41) is -0.759. The Morgan fingerprint density at radius 3 is 2.25 bits per heavy atom. The van der Waals surface area contributed by atoms with Gasteiger partial charge in [0.15, 0.2) is 0 Å². The van der Waals surface area contributed by atoms with Crippen LogP contribution in [0.15, 0.2) is 12.2 Å². The molecule has 1 heterocycles. The Bertz CT molecular complexity index is 331. The van der Waals surface area contributed by atoms with E-state index in [2.05, 4.69) is 6.58 Å². The van der Waals surface area contributed by atoms with Crippen LogP contribution in [0.3, 0.4) is 0 Å². The molecule has 1 aliphatic rings. The molecule has 1 atom stereocenters. The van der Waals surface area contributed by atoms with Crippen LogP contribution in [0.2, 0.25) is 0 Å². The van der Waals surface area contributed by atoms with Crippen molar-refractivity contribution in [1.82, 2.24) is 4.31 Å². The Kier molecular flexibility index (Phi) is 1.99. The molecule has 1 rings (SSSR count). The number of hydrogen-bond acceptors (Lipinski definition) is 3. The van der Waals surface area contributed by atoms with Crippen LogP contribution in [0.25, 0.3) is 0 Å². The quantitative estimate of drug-likeness (QED) is 0.551. The van der Waals surface area contributed by atoms with Crippen LogP contribution >= 0.6 is 0 Å². The number of sulfonamides is 1. The van der Waals surface area contributed by atoms with E-state index < -0.39 is 21.2 Å². The molecule has 0 radical (unpaired) electrons. The van der Waals surface area contributed by atoms with Gasteiger partial charge >= 0.3 is 0 Å². The van der Waals surface area contributed by atoms with Crippen molar-refractivity contribution in [2.45, 2.75) is 19.1 Å².